The van der Waals surface area contributed by atoms with Crippen LogP contribution in [0.5, 0.6) is 0 Å². The third-order valence-corrected chi connectivity index (χ3v) is 10.9. The molecule has 0 aromatic carbocycles. The molecule has 2 spiro atoms. The Bertz CT molecular complexity index is 715. The molecule has 2 aliphatic heterocycles. The minimum atomic E-state index is 0.408. The van der Waals surface area contributed by atoms with Crippen LogP contribution >= 0.6 is 11.3 Å². The van der Waals surface area contributed by atoms with Crippen molar-refractivity contribution < 1.29 is 0 Å². The highest BCUT2D eigenvalue weighted by atomic mass is 32.1. The Morgan fingerprint density at radius 3 is 2.25 bits per heavy atom. The van der Waals surface area contributed by atoms with E-state index >= 15 is 0 Å². The van der Waals surface area contributed by atoms with Gasteiger partial charge in [0.25, 0.3) is 0 Å². The molecule has 2 saturated carbocycles. The van der Waals surface area contributed by atoms with E-state index in [4.69, 9.17) is 0 Å². The first kappa shape index (κ1) is 18.3. The molecule has 6 rings (SSSR count). The number of nitrogens with zero attached hydrogens (tertiary/aromatic N) is 3. The normalized spacial score (nSPS) is 36.8. The van der Waals surface area contributed by atoms with Crippen LogP contribution in [-0.4, -0.2) is 53.5 Å². The molecule has 1 aromatic heterocycles. The second kappa shape index (κ2) is 6.04. The van der Waals surface area contributed by atoms with E-state index in [1.165, 1.54) is 70.4 Å². The number of hydrogen-bond donors (Lipinski definition) is 0. The van der Waals surface area contributed by atoms with E-state index in [0.29, 0.717) is 11.0 Å². The topological polar surface area (TPSA) is 19.4 Å². The summed E-state index contributed by atoms with van der Waals surface area (Å²) in [4.78, 5) is 11.7. The SMILES string of the molecule is CN1CCC2(CC1)CC1C(C2)C1C(C)(C)N1CCC2(CC1)Cc1ncsc1C2. The van der Waals surface area contributed by atoms with E-state index in [2.05, 4.69) is 41.2 Å². The van der Waals surface area contributed by atoms with Gasteiger partial charge in [-0.3, -0.25) is 4.90 Å². The van der Waals surface area contributed by atoms with E-state index in [1.54, 1.807) is 17.7 Å². The van der Waals surface area contributed by atoms with Gasteiger partial charge in [-0.2, -0.15) is 0 Å². The molecule has 4 fully saturated rings. The molecule has 3 heterocycles. The van der Waals surface area contributed by atoms with Crippen LogP contribution in [0.4, 0.5) is 0 Å². The van der Waals surface area contributed by atoms with E-state index in [9.17, 15) is 0 Å². The van der Waals surface area contributed by atoms with Crippen molar-refractivity contribution in [2.75, 3.05) is 33.2 Å². The highest BCUT2D eigenvalue weighted by molar-refractivity contribution is 7.09. The molecule has 28 heavy (non-hydrogen) atoms. The minimum absolute atomic E-state index is 0.408. The first-order chi connectivity index (χ1) is 13.4. The maximum Gasteiger partial charge on any atom is 0.0797 e. The largest absolute Gasteiger partial charge is 0.306 e. The first-order valence-corrected chi connectivity index (χ1v) is 12.6. The highest BCUT2D eigenvalue weighted by Crippen LogP contribution is 2.70. The van der Waals surface area contributed by atoms with Crippen molar-refractivity contribution in [1.82, 2.24) is 14.8 Å². The van der Waals surface area contributed by atoms with Gasteiger partial charge in [-0.05, 0) is 127 Å². The molecule has 2 saturated heterocycles. The van der Waals surface area contributed by atoms with Gasteiger partial charge < -0.3 is 4.90 Å². The smallest absolute Gasteiger partial charge is 0.0797 e. The zero-order chi connectivity index (χ0) is 19.1. The van der Waals surface area contributed by atoms with Crippen LogP contribution in [0.2, 0.25) is 0 Å². The van der Waals surface area contributed by atoms with Crippen molar-refractivity contribution >= 4 is 11.3 Å². The summed E-state index contributed by atoms with van der Waals surface area (Å²) in [5, 5.41) is 0. The molecule has 0 bridgehead atoms. The van der Waals surface area contributed by atoms with Gasteiger partial charge in [0, 0.05) is 10.4 Å². The average molecular weight is 400 g/mol. The Hall–Kier alpha value is -0.450. The number of aromatic nitrogens is 1. The number of thiazole rings is 1. The van der Waals surface area contributed by atoms with Gasteiger partial charge in [-0.1, -0.05) is 0 Å². The van der Waals surface area contributed by atoms with Crippen molar-refractivity contribution in [3.8, 4) is 0 Å². The van der Waals surface area contributed by atoms with Crippen LogP contribution in [0.3, 0.4) is 0 Å². The molecule has 3 aliphatic carbocycles. The number of piperidine rings is 2. The van der Waals surface area contributed by atoms with Gasteiger partial charge in [0.2, 0.25) is 0 Å². The maximum atomic E-state index is 4.64. The Kier molecular flexibility index (Phi) is 3.96. The molecule has 0 radical (unpaired) electrons. The Labute approximate surface area is 174 Å². The summed E-state index contributed by atoms with van der Waals surface area (Å²) in [6.45, 7) is 10.5. The molecule has 2 atom stereocenters. The van der Waals surface area contributed by atoms with Gasteiger partial charge in [-0.15, -0.1) is 11.3 Å². The second-order valence-electron chi connectivity index (χ2n) is 11.8. The Morgan fingerprint density at radius 2 is 1.61 bits per heavy atom. The molecule has 0 N–H and O–H groups in total. The summed E-state index contributed by atoms with van der Waals surface area (Å²) in [6.07, 6.45) is 11.4. The van der Waals surface area contributed by atoms with Crippen LogP contribution in [0, 0.1) is 28.6 Å². The van der Waals surface area contributed by atoms with Gasteiger partial charge >= 0.3 is 0 Å². The lowest BCUT2D eigenvalue weighted by Gasteiger charge is -2.48. The van der Waals surface area contributed by atoms with Crippen molar-refractivity contribution in [3.05, 3.63) is 16.1 Å². The monoisotopic (exact) mass is 399 g/mol. The predicted octanol–water partition coefficient (Wildman–Crippen LogP) is 4.47. The lowest BCUT2D eigenvalue weighted by Crippen LogP contribution is -2.53. The summed E-state index contributed by atoms with van der Waals surface area (Å²) in [7, 11) is 2.30. The lowest BCUT2D eigenvalue weighted by molar-refractivity contribution is 0.0108. The summed E-state index contributed by atoms with van der Waals surface area (Å²) in [5.41, 5.74) is 5.18. The molecule has 2 unspecified atom stereocenters. The van der Waals surface area contributed by atoms with Crippen LogP contribution in [0.25, 0.3) is 0 Å². The number of fused-ring (bicyclic) bond motifs is 2. The van der Waals surface area contributed by atoms with E-state index in [1.807, 2.05) is 11.3 Å². The predicted molar refractivity (Wildman–Crippen MR) is 116 cm³/mol. The van der Waals surface area contributed by atoms with Crippen molar-refractivity contribution in [1.29, 1.82) is 0 Å². The molecular formula is C24H37N3S. The van der Waals surface area contributed by atoms with Crippen LogP contribution in [0.1, 0.15) is 62.9 Å². The summed E-state index contributed by atoms with van der Waals surface area (Å²) < 4.78 is 0. The average Bonchev–Trinajstić information content (AvgIpc) is 2.98. The van der Waals surface area contributed by atoms with E-state index in [0.717, 1.165) is 23.2 Å². The number of rotatable bonds is 2. The zero-order valence-electron chi connectivity index (χ0n) is 18.0. The standard InChI is InChI=1S/C24H37N3S/c1-22(2,21-17-12-23(13-18(17)21)4-8-26(3)9-5-23)27-10-6-24(7-11-27)14-19-20(15-24)28-16-25-19/h16-18,21H,4-15H2,1-3H3. The van der Waals surface area contributed by atoms with E-state index < -0.39 is 0 Å². The Morgan fingerprint density at radius 1 is 0.964 bits per heavy atom. The maximum absolute atomic E-state index is 4.64. The molecule has 154 valence electrons. The third kappa shape index (κ3) is 2.70. The molecular weight excluding hydrogens is 362 g/mol. The van der Waals surface area contributed by atoms with Gasteiger partial charge in [0.1, 0.15) is 0 Å². The Balaban J connectivity index is 1.08. The molecule has 4 heteroatoms. The fraction of sp³-hybridized carbons (Fsp3) is 0.875. The fourth-order valence-electron chi connectivity index (χ4n) is 8.10. The van der Waals surface area contributed by atoms with Crippen LogP contribution in [0.15, 0.2) is 5.51 Å². The summed E-state index contributed by atoms with van der Waals surface area (Å²) in [6, 6.07) is 0. The highest BCUT2D eigenvalue weighted by Gasteiger charge is 2.66. The summed E-state index contributed by atoms with van der Waals surface area (Å²) >= 11 is 1.90. The molecule has 3 nitrogen and oxygen atoms in total. The van der Waals surface area contributed by atoms with Crippen molar-refractivity contribution in [3.63, 3.8) is 0 Å². The molecule has 0 amide bonds. The number of hydrogen-bond acceptors (Lipinski definition) is 4. The molecule has 5 aliphatic rings. The fourth-order valence-corrected chi connectivity index (χ4v) is 9.05. The van der Waals surface area contributed by atoms with Crippen molar-refractivity contribution in [2.24, 2.45) is 28.6 Å². The minimum Gasteiger partial charge on any atom is -0.306 e. The van der Waals surface area contributed by atoms with Crippen molar-refractivity contribution in [2.45, 2.75) is 70.8 Å². The van der Waals surface area contributed by atoms with E-state index in [-0.39, 0.29) is 0 Å². The zero-order valence-corrected chi connectivity index (χ0v) is 18.9. The quantitative estimate of drug-likeness (QED) is 0.731. The van der Waals surface area contributed by atoms with Gasteiger partial charge in [-0.25, -0.2) is 4.98 Å². The van der Waals surface area contributed by atoms with Gasteiger partial charge in [0.05, 0.1) is 11.2 Å². The van der Waals surface area contributed by atoms with Gasteiger partial charge in [0.15, 0.2) is 0 Å². The second-order valence-corrected chi connectivity index (χ2v) is 12.7. The lowest BCUT2D eigenvalue weighted by atomic mass is 9.71. The first-order valence-electron chi connectivity index (χ1n) is 11.7. The molecule has 1 aromatic rings. The number of likely N-dealkylation sites (tertiary alicyclic amines) is 2. The summed E-state index contributed by atoms with van der Waals surface area (Å²) in [5.74, 6) is 3.05. The van der Waals surface area contributed by atoms with Crippen LogP contribution in [-0.2, 0) is 12.8 Å². The van der Waals surface area contributed by atoms with Crippen LogP contribution < -0.4 is 0 Å². The third-order valence-electron chi connectivity index (χ3n) is 9.97.